The van der Waals surface area contributed by atoms with E-state index in [1.165, 1.54) is 16.0 Å². The molecule has 2 aromatic carbocycles. The Morgan fingerprint density at radius 1 is 1.03 bits per heavy atom. The van der Waals surface area contributed by atoms with Crippen LogP contribution in [0.25, 0.3) is 0 Å². The van der Waals surface area contributed by atoms with Gasteiger partial charge in [0, 0.05) is 18.7 Å². The zero-order chi connectivity index (χ0) is 20.8. The Morgan fingerprint density at radius 3 is 2.47 bits per heavy atom. The third-order valence-corrected chi connectivity index (χ3v) is 6.07. The number of hydrogen-bond donors (Lipinski definition) is 0. The maximum Gasteiger partial charge on any atom is 0.332 e. The number of carbonyl (C=O) groups excluding carboxylic acids is 2. The Labute approximate surface area is 175 Å². The highest BCUT2D eigenvalue weighted by atomic mass is 16.2. The fourth-order valence-corrected chi connectivity index (χ4v) is 4.34. The molecule has 3 amide bonds. The predicted octanol–water partition coefficient (Wildman–Crippen LogP) is 3.95. The van der Waals surface area contributed by atoms with Gasteiger partial charge in [-0.2, -0.15) is 0 Å². The Bertz CT molecular complexity index is 1100. The van der Waals surface area contributed by atoms with Gasteiger partial charge >= 0.3 is 6.03 Å². The van der Waals surface area contributed by atoms with Gasteiger partial charge in [-0.1, -0.05) is 56.3 Å². The van der Waals surface area contributed by atoms with Crippen LogP contribution >= 0.6 is 0 Å². The monoisotopic (exact) mass is 400 g/mol. The van der Waals surface area contributed by atoms with Gasteiger partial charge in [-0.15, -0.1) is 0 Å². The number of hydrogen-bond acceptors (Lipinski definition) is 3. The first-order valence-corrected chi connectivity index (χ1v) is 10.3. The van der Waals surface area contributed by atoms with E-state index in [-0.39, 0.29) is 11.9 Å². The predicted molar refractivity (Wildman–Crippen MR) is 114 cm³/mol. The van der Waals surface area contributed by atoms with Crippen molar-refractivity contribution >= 4 is 17.6 Å². The Kier molecular flexibility index (Phi) is 4.42. The van der Waals surface area contributed by atoms with Crippen LogP contribution in [-0.4, -0.2) is 32.4 Å². The van der Waals surface area contributed by atoms with Crippen molar-refractivity contribution in [1.29, 1.82) is 0 Å². The van der Waals surface area contributed by atoms with Gasteiger partial charge in [-0.3, -0.25) is 4.79 Å². The molecule has 0 bridgehead atoms. The summed E-state index contributed by atoms with van der Waals surface area (Å²) >= 11 is 0. The van der Waals surface area contributed by atoms with Gasteiger partial charge in [0.25, 0.3) is 5.91 Å². The van der Waals surface area contributed by atoms with E-state index in [0.717, 1.165) is 11.4 Å². The van der Waals surface area contributed by atoms with Crippen LogP contribution in [0.2, 0.25) is 0 Å². The Balaban J connectivity index is 1.41. The van der Waals surface area contributed by atoms with Crippen molar-refractivity contribution in [3.63, 3.8) is 0 Å². The molecule has 0 spiro atoms. The van der Waals surface area contributed by atoms with E-state index >= 15 is 0 Å². The van der Waals surface area contributed by atoms with E-state index < -0.39 is 6.04 Å². The zero-order valence-electron chi connectivity index (χ0n) is 17.2. The lowest BCUT2D eigenvalue weighted by Gasteiger charge is -2.27. The maximum absolute atomic E-state index is 13.2. The number of imidazole rings is 1. The molecule has 1 fully saturated rings. The van der Waals surface area contributed by atoms with Gasteiger partial charge in [0.15, 0.2) is 0 Å². The first-order chi connectivity index (χ1) is 14.5. The van der Waals surface area contributed by atoms with Crippen LogP contribution in [0, 0.1) is 0 Å². The molecular formula is C24H24N4O2. The second-order valence-electron chi connectivity index (χ2n) is 8.30. The number of rotatable bonds is 4. The summed E-state index contributed by atoms with van der Waals surface area (Å²) in [4.78, 5) is 33.8. The van der Waals surface area contributed by atoms with E-state index in [2.05, 4.69) is 35.5 Å². The molecule has 3 aromatic rings. The van der Waals surface area contributed by atoms with Gasteiger partial charge in [-0.05, 0) is 29.2 Å². The van der Waals surface area contributed by atoms with Gasteiger partial charge in [0.1, 0.15) is 6.04 Å². The number of anilines is 1. The molecule has 2 aliphatic rings. The average molecular weight is 400 g/mol. The van der Waals surface area contributed by atoms with E-state index in [4.69, 9.17) is 0 Å². The van der Waals surface area contributed by atoms with Gasteiger partial charge in [0.05, 0.1) is 24.3 Å². The molecule has 0 N–H and O–H groups in total. The smallest absolute Gasteiger partial charge is 0.330 e. The highest BCUT2D eigenvalue weighted by Gasteiger charge is 2.48. The van der Waals surface area contributed by atoms with Crippen molar-refractivity contribution in [2.24, 2.45) is 0 Å². The van der Waals surface area contributed by atoms with Crippen molar-refractivity contribution in [3.8, 4) is 0 Å². The number of amides is 3. The van der Waals surface area contributed by atoms with Crippen LogP contribution in [0.15, 0.2) is 60.9 Å². The second kappa shape index (κ2) is 7.13. The number of fused-ring (bicyclic) bond motifs is 2. The number of carbonyl (C=O) groups is 2. The SMILES string of the molecule is CC(C)c1ccc(N2C(=O)C3Cc4c(ncn4Cc4ccccc4)CN3C2=O)cc1. The van der Waals surface area contributed by atoms with Crippen LogP contribution in [-0.2, 0) is 24.3 Å². The molecule has 152 valence electrons. The van der Waals surface area contributed by atoms with Gasteiger partial charge in [-0.25, -0.2) is 14.7 Å². The zero-order valence-corrected chi connectivity index (χ0v) is 17.2. The van der Waals surface area contributed by atoms with Crippen molar-refractivity contribution in [1.82, 2.24) is 14.5 Å². The lowest BCUT2D eigenvalue weighted by atomic mass is 10.0. The summed E-state index contributed by atoms with van der Waals surface area (Å²) in [7, 11) is 0. The minimum absolute atomic E-state index is 0.157. The molecule has 1 aromatic heterocycles. The lowest BCUT2D eigenvalue weighted by molar-refractivity contribution is -0.120. The standard InChI is InChI=1S/C24H24N4O2/c1-16(2)18-8-10-19(11-9-18)28-23(29)22-12-21-20(14-27(22)24(28)30)25-15-26(21)13-17-6-4-3-5-7-17/h3-11,15-16,22H,12-14H2,1-2H3. The first kappa shape index (κ1) is 18.6. The molecule has 6 heteroatoms. The van der Waals surface area contributed by atoms with Crippen LogP contribution in [0.1, 0.15) is 42.3 Å². The largest absolute Gasteiger partial charge is 0.332 e. The van der Waals surface area contributed by atoms with Crippen molar-refractivity contribution in [2.75, 3.05) is 4.90 Å². The molecule has 1 atom stereocenters. The number of imide groups is 1. The van der Waals surface area contributed by atoms with Crippen molar-refractivity contribution in [2.45, 2.75) is 45.3 Å². The summed E-state index contributed by atoms with van der Waals surface area (Å²) in [6.45, 7) is 5.32. The van der Waals surface area contributed by atoms with Crippen LogP contribution in [0.4, 0.5) is 10.5 Å². The molecule has 3 heterocycles. The summed E-state index contributed by atoms with van der Waals surface area (Å²) in [5.41, 5.74) is 4.91. The minimum Gasteiger partial charge on any atom is -0.330 e. The third kappa shape index (κ3) is 3.00. The summed E-state index contributed by atoms with van der Waals surface area (Å²) in [5.74, 6) is 0.242. The molecule has 1 saturated heterocycles. The van der Waals surface area contributed by atoms with Crippen molar-refractivity contribution in [3.05, 3.63) is 83.4 Å². The van der Waals surface area contributed by atoms with Gasteiger partial charge in [0.2, 0.25) is 0 Å². The molecule has 6 nitrogen and oxygen atoms in total. The summed E-state index contributed by atoms with van der Waals surface area (Å²) in [5, 5.41) is 0. The van der Waals surface area contributed by atoms with E-state index in [1.807, 2.05) is 48.8 Å². The normalized spacial score (nSPS) is 18.2. The number of urea groups is 1. The van der Waals surface area contributed by atoms with E-state index in [0.29, 0.717) is 31.1 Å². The molecule has 30 heavy (non-hydrogen) atoms. The summed E-state index contributed by atoms with van der Waals surface area (Å²) in [6, 6.07) is 17.2. The third-order valence-electron chi connectivity index (χ3n) is 6.07. The maximum atomic E-state index is 13.2. The first-order valence-electron chi connectivity index (χ1n) is 10.3. The van der Waals surface area contributed by atoms with Gasteiger partial charge < -0.3 is 9.47 Å². The quantitative estimate of drug-likeness (QED) is 0.623. The fraction of sp³-hybridized carbons (Fsp3) is 0.292. The summed E-state index contributed by atoms with van der Waals surface area (Å²) < 4.78 is 2.10. The highest BCUT2D eigenvalue weighted by molar-refractivity contribution is 6.21. The highest BCUT2D eigenvalue weighted by Crippen LogP contribution is 2.33. The lowest BCUT2D eigenvalue weighted by Crippen LogP contribution is -2.40. The molecule has 1 unspecified atom stereocenters. The van der Waals surface area contributed by atoms with Crippen LogP contribution in [0.3, 0.4) is 0 Å². The second-order valence-corrected chi connectivity index (χ2v) is 8.30. The Morgan fingerprint density at radius 2 is 1.77 bits per heavy atom. The molecule has 0 saturated carbocycles. The molecule has 0 aliphatic carbocycles. The topological polar surface area (TPSA) is 58.4 Å². The number of nitrogens with zero attached hydrogens (tertiary/aromatic N) is 4. The molecule has 0 radical (unpaired) electrons. The number of aromatic nitrogens is 2. The fourth-order valence-electron chi connectivity index (χ4n) is 4.34. The molecule has 5 rings (SSSR count). The average Bonchev–Trinajstić information content (AvgIpc) is 3.26. The summed E-state index contributed by atoms with van der Waals surface area (Å²) in [6.07, 6.45) is 2.31. The van der Waals surface area contributed by atoms with Crippen molar-refractivity contribution < 1.29 is 9.59 Å². The Hall–Kier alpha value is -3.41. The molecular weight excluding hydrogens is 376 g/mol. The molecule has 2 aliphatic heterocycles. The minimum atomic E-state index is -0.471. The number of benzene rings is 2. The van der Waals surface area contributed by atoms with Crippen LogP contribution in [0.5, 0.6) is 0 Å². The van der Waals surface area contributed by atoms with E-state index in [1.54, 1.807) is 4.90 Å². The van der Waals surface area contributed by atoms with E-state index in [9.17, 15) is 9.59 Å². The van der Waals surface area contributed by atoms with Crippen LogP contribution < -0.4 is 4.90 Å².